The van der Waals surface area contributed by atoms with Crippen LogP contribution in [-0.2, 0) is 14.9 Å². The maximum Gasteiger partial charge on any atom is 0.335 e. The van der Waals surface area contributed by atoms with E-state index < -0.39 is 5.97 Å². The first-order valence-corrected chi connectivity index (χ1v) is 16.0. The predicted octanol–water partition coefficient (Wildman–Crippen LogP) is 7.71. The van der Waals surface area contributed by atoms with Crippen LogP contribution in [-0.4, -0.2) is 50.6 Å². The Balaban J connectivity index is 1.47. The summed E-state index contributed by atoms with van der Waals surface area (Å²) < 4.78 is 23.4. The third kappa shape index (κ3) is 7.68. The topological polar surface area (TPSA) is 91.3 Å². The van der Waals surface area contributed by atoms with E-state index in [1.165, 1.54) is 19.3 Å². The second-order valence-electron chi connectivity index (χ2n) is 12.7. The van der Waals surface area contributed by atoms with Gasteiger partial charge in [-0.25, -0.2) is 4.79 Å². The van der Waals surface area contributed by atoms with E-state index in [1.54, 1.807) is 43.5 Å². The molecule has 2 aromatic rings. The van der Waals surface area contributed by atoms with Crippen LogP contribution in [0.15, 0.2) is 42.5 Å². The lowest BCUT2D eigenvalue weighted by molar-refractivity contribution is -0.0190. The first-order chi connectivity index (χ1) is 20.9. The predicted molar refractivity (Wildman–Crippen MR) is 166 cm³/mol. The van der Waals surface area contributed by atoms with Gasteiger partial charge in [-0.3, -0.25) is 4.79 Å². The van der Waals surface area contributed by atoms with Gasteiger partial charge in [0.05, 0.1) is 30.9 Å². The third-order valence-electron chi connectivity index (χ3n) is 9.53. The average molecular weight is 591 g/mol. The zero-order chi connectivity index (χ0) is 30.2. The zero-order valence-electron chi connectivity index (χ0n) is 25.6. The molecular weight excluding hydrogens is 544 g/mol. The van der Waals surface area contributed by atoms with Gasteiger partial charge in [-0.2, -0.15) is 0 Å². The standard InChI is InChI=1S/C36H46O7/c1-3-4-5-6-13-42-33-20-34(43-24-41-15-14-40-2)31(36-21-26-16-27(22-36)18-28(17-26)23-36)19-30(33)32(37)12-9-25-7-10-29(11-8-25)35(38)39/h7-12,19-20,26-28H,3-6,13-18,21-24H2,1-2H3,(H,38,39)/b12-9+. The molecule has 0 spiro atoms. The first-order valence-electron chi connectivity index (χ1n) is 16.0. The second-order valence-corrected chi connectivity index (χ2v) is 12.7. The highest BCUT2D eigenvalue weighted by Gasteiger charge is 2.52. The summed E-state index contributed by atoms with van der Waals surface area (Å²) >= 11 is 0. The highest BCUT2D eigenvalue weighted by atomic mass is 16.7. The highest BCUT2D eigenvalue weighted by Crippen LogP contribution is 2.62. The summed E-state index contributed by atoms with van der Waals surface area (Å²) in [6.07, 6.45) is 15.0. The zero-order valence-corrected chi connectivity index (χ0v) is 25.6. The number of benzene rings is 2. The van der Waals surface area contributed by atoms with Crippen molar-refractivity contribution < 1.29 is 33.6 Å². The minimum absolute atomic E-state index is 0.00166. The summed E-state index contributed by atoms with van der Waals surface area (Å²) in [6.45, 7) is 3.76. The number of unbranched alkanes of at least 4 members (excludes halogenated alkanes) is 3. The monoisotopic (exact) mass is 590 g/mol. The number of ketones is 1. The van der Waals surface area contributed by atoms with Gasteiger partial charge in [-0.1, -0.05) is 44.4 Å². The van der Waals surface area contributed by atoms with Crippen molar-refractivity contribution in [2.45, 2.75) is 76.5 Å². The maximum absolute atomic E-state index is 13.8. The molecule has 4 aliphatic rings. The summed E-state index contributed by atoms with van der Waals surface area (Å²) in [5, 5.41) is 9.21. The molecule has 0 heterocycles. The Bertz CT molecular complexity index is 1240. The molecule has 4 saturated carbocycles. The van der Waals surface area contributed by atoms with E-state index in [1.807, 2.05) is 6.07 Å². The van der Waals surface area contributed by atoms with Crippen LogP contribution in [0.3, 0.4) is 0 Å². The van der Waals surface area contributed by atoms with Crippen LogP contribution in [0.25, 0.3) is 6.08 Å². The molecule has 2 aromatic carbocycles. The lowest BCUT2D eigenvalue weighted by atomic mass is 9.48. The summed E-state index contributed by atoms with van der Waals surface area (Å²) in [6, 6.07) is 10.5. The van der Waals surface area contributed by atoms with Crippen molar-refractivity contribution >= 4 is 17.8 Å². The molecule has 43 heavy (non-hydrogen) atoms. The van der Waals surface area contributed by atoms with Gasteiger partial charge in [-0.05, 0) is 98.0 Å². The van der Waals surface area contributed by atoms with E-state index in [-0.39, 0.29) is 23.6 Å². The van der Waals surface area contributed by atoms with E-state index in [2.05, 4.69) is 13.0 Å². The van der Waals surface area contributed by atoms with Gasteiger partial charge in [0.1, 0.15) is 11.5 Å². The van der Waals surface area contributed by atoms with Crippen molar-refractivity contribution in [1.29, 1.82) is 0 Å². The van der Waals surface area contributed by atoms with Crippen molar-refractivity contribution in [2.75, 3.05) is 33.7 Å². The number of carbonyl (C=O) groups excluding carboxylic acids is 1. The van der Waals surface area contributed by atoms with Gasteiger partial charge >= 0.3 is 5.97 Å². The van der Waals surface area contributed by atoms with Crippen LogP contribution in [0.4, 0.5) is 0 Å². The minimum Gasteiger partial charge on any atom is -0.493 e. The van der Waals surface area contributed by atoms with Crippen molar-refractivity contribution in [3.63, 3.8) is 0 Å². The van der Waals surface area contributed by atoms with Gasteiger partial charge in [-0.15, -0.1) is 0 Å². The Morgan fingerprint density at radius 3 is 2.21 bits per heavy atom. The van der Waals surface area contributed by atoms with Crippen molar-refractivity contribution in [2.24, 2.45) is 17.8 Å². The van der Waals surface area contributed by atoms with E-state index in [9.17, 15) is 14.7 Å². The molecule has 0 atom stereocenters. The molecule has 7 nitrogen and oxygen atoms in total. The number of hydrogen-bond donors (Lipinski definition) is 1. The Labute approximate surface area is 255 Å². The number of ether oxygens (including phenoxy) is 4. The summed E-state index contributed by atoms with van der Waals surface area (Å²) in [5.74, 6) is 2.38. The van der Waals surface area contributed by atoms with Gasteiger partial charge in [0.2, 0.25) is 0 Å². The molecule has 6 rings (SSSR count). The molecule has 0 aromatic heterocycles. The van der Waals surface area contributed by atoms with Crippen LogP contribution < -0.4 is 9.47 Å². The molecule has 4 fully saturated rings. The van der Waals surface area contributed by atoms with E-state index in [4.69, 9.17) is 18.9 Å². The molecule has 0 aliphatic heterocycles. The quantitative estimate of drug-likeness (QED) is 0.0873. The number of carbonyl (C=O) groups is 2. The Morgan fingerprint density at radius 1 is 0.884 bits per heavy atom. The fraction of sp³-hybridized carbons (Fsp3) is 0.556. The largest absolute Gasteiger partial charge is 0.493 e. The second kappa shape index (κ2) is 14.5. The molecule has 232 valence electrons. The van der Waals surface area contributed by atoms with Gasteiger partial charge in [0.25, 0.3) is 0 Å². The van der Waals surface area contributed by atoms with Crippen molar-refractivity contribution in [1.82, 2.24) is 0 Å². The highest BCUT2D eigenvalue weighted by molar-refractivity contribution is 6.09. The van der Waals surface area contributed by atoms with Crippen LogP contribution in [0.5, 0.6) is 11.5 Å². The average Bonchev–Trinajstić information content (AvgIpc) is 2.99. The number of allylic oxidation sites excluding steroid dienone is 1. The fourth-order valence-corrected chi connectivity index (χ4v) is 7.86. The molecule has 4 aliphatic carbocycles. The number of carboxylic acid groups (broad SMARTS) is 1. The van der Waals surface area contributed by atoms with E-state index in [0.29, 0.717) is 31.1 Å². The molecule has 0 amide bonds. The number of methoxy groups -OCH3 is 1. The summed E-state index contributed by atoms with van der Waals surface area (Å²) in [4.78, 5) is 25.1. The molecule has 0 saturated heterocycles. The maximum atomic E-state index is 13.8. The number of rotatable bonds is 17. The summed E-state index contributed by atoms with van der Waals surface area (Å²) in [5.41, 5.74) is 2.64. The molecule has 0 unspecified atom stereocenters. The fourth-order valence-electron chi connectivity index (χ4n) is 7.86. The van der Waals surface area contributed by atoms with E-state index >= 15 is 0 Å². The lowest BCUT2D eigenvalue weighted by Crippen LogP contribution is -2.48. The van der Waals surface area contributed by atoms with Crippen LogP contribution >= 0.6 is 0 Å². The molecule has 4 bridgehead atoms. The van der Waals surface area contributed by atoms with Gasteiger partial charge in [0, 0.05) is 18.7 Å². The van der Waals surface area contributed by atoms with Gasteiger partial charge in [0.15, 0.2) is 12.6 Å². The number of aromatic carboxylic acids is 1. The third-order valence-corrected chi connectivity index (χ3v) is 9.53. The van der Waals surface area contributed by atoms with Crippen LogP contribution in [0.2, 0.25) is 0 Å². The Hall–Kier alpha value is -3.16. The minimum atomic E-state index is -0.976. The molecule has 7 heteroatoms. The van der Waals surface area contributed by atoms with Crippen molar-refractivity contribution in [3.05, 3.63) is 64.7 Å². The molecule has 0 radical (unpaired) electrons. The first kappa shape index (κ1) is 31.3. The normalized spacial score (nSPS) is 24.0. The molecular formula is C36H46O7. The Kier molecular flexibility index (Phi) is 10.6. The lowest BCUT2D eigenvalue weighted by Gasteiger charge is -2.57. The van der Waals surface area contributed by atoms with Gasteiger partial charge < -0.3 is 24.1 Å². The molecule has 1 N–H and O–H groups in total. The summed E-state index contributed by atoms with van der Waals surface area (Å²) in [7, 11) is 1.65. The Morgan fingerprint density at radius 2 is 1.58 bits per heavy atom. The van der Waals surface area contributed by atoms with Crippen LogP contribution in [0.1, 0.15) is 103 Å². The smallest absolute Gasteiger partial charge is 0.335 e. The number of hydrogen-bond acceptors (Lipinski definition) is 6. The number of carboxylic acids is 1. The van der Waals surface area contributed by atoms with Crippen molar-refractivity contribution in [3.8, 4) is 11.5 Å². The van der Waals surface area contributed by atoms with E-state index in [0.717, 1.165) is 79.6 Å². The van der Waals surface area contributed by atoms with Crippen LogP contribution in [0, 0.1) is 17.8 Å². The SMILES string of the molecule is CCCCCCOc1cc(OCOCCOC)c(C23CC4CC(CC(C4)C2)C3)cc1C(=O)/C=C/c1ccc(C(=O)O)cc1.